The molecule has 0 aliphatic heterocycles. The number of hydrogen-bond acceptors (Lipinski definition) is 6. The first kappa shape index (κ1) is 18.1. The number of benzene rings is 1. The van der Waals surface area contributed by atoms with E-state index in [1.165, 1.54) is 10.7 Å². The number of aromatic nitrogens is 4. The van der Waals surface area contributed by atoms with Gasteiger partial charge in [0, 0.05) is 31.0 Å². The number of rotatable bonds is 7. The van der Waals surface area contributed by atoms with Crippen LogP contribution < -0.4 is 5.32 Å². The second-order valence-corrected chi connectivity index (χ2v) is 7.33. The molecule has 1 aliphatic rings. The maximum absolute atomic E-state index is 14.5. The van der Waals surface area contributed by atoms with Gasteiger partial charge in [-0.2, -0.15) is 14.8 Å². The summed E-state index contributed by atoms with van der Waals surface area (Å²) < 4.78 is 26.4. The van der Waals surface area contributed by atoms with E-state index in [-0.39, 0.29) is 23.6 Å². The lowest BCUT2D eigenvalue weighted by molar-refractivity contribution is 0.177. The fourth-order valence-corrected chi connectivity index (χ4v) is 3.55. The maximum Gasteiger partial charge on any atom is 0.291 e. The molecule has 1 fully saturated rings. The predicted octanol–water partition coefficient (Wildman–Crippen LogP) is 3.15. The van der Waals surface area contributed by atoms with Gasteiger partial charge in [-0.25, -0.2) is 4.39 Å². The molecule has 7 nitrogen and oxygen atoms in total. The van der Waals surface area contributed by atoms with E-state index < -0.39 is 0 Å². The lowest BCUT2D eigenvalue weighted by Crippen LogP contribution is -2.41. The first-order valence-electron chi connectivity index (χ1n) is 9.32. The average Bonchev–Trinajstić information content (AvgIpc) is 3.22. The summed E-state index contributed by atoms with van der Waals surface area (Å²) in [5.74, 6) is 0.906. The molecule has 4 rings (SSSR count). The van der Waals surface area contributed by atoms with Crippen molar-refractivity contribution in [1.82, 2.24) is 25.2 Å². The van der Waals surface area contributed by atoms with Crippen molar-refractivity contribution < 1.29 is 13.7 Å². The Bertz CT molecular complexity index is 929. The number of methoxy groups -OCH3 is 1. The number of nitrogens with one attached hydrogen (secondary N) is 1. The van der Waals surface area contributed by atoms with Crippen molar-refractivity contribution in [2.75, 3.05) is 20.3 Å². The highest BCUT2D eigenvalue weighted by molar-refractivity contribution is 5.84. The summed E-state index contributed by atoms with van der Waals surface area (Å²) in [6.45, 7) is 5.59. The van der Waals surface area contributed by atoms with E-state index in [0.29, 0.717) is 24.1 Å². The normalized spacial score (nSPS) is 19.7. The van der Waals surface area contributed by atoms with Crippen LogP contribution in [0.1, 0.15) is 50.1 Å². The Balaban J connectivity index is 1.56. The Labute approximate surface area is 156 Å². The summed E-state index contributed by atoms with van der Waals surface area (Å²) in [6, 6.07) is 5.44. The summed E-state index contributed by atoms with van der Waals surface area (Å²) in [4.78, 5) is 4.50. The molecule has 0 radical (unpaired) electrons. The standard InChI is InChI=1S/C19H24FN5O2/c1-11(2)16-14-5-4-6-15(20)17(14)25(23-16)19-22-18(27-24-19)12-9-13(10-12)21-7-8-26-3/h4-6,11-13,21H,7-10H2,1-3H3. The molecule has 0 bridgehead atoms. The van der Waals surface area contributed by atoms with Gasteiger partial charge in [0.05, 0.1) is 12.3 Å². The molecule has 1 saturated carbocycles. The van der Waals surface area contributed by atoms with E-state index in [1.807, 2.05) is 19.9 Å². The largest absolute Gasteiger partial charge is 0.383 e. The van der Waals surface area contributed by atoms with E-state index >= 15 is 0 Å². The fraction of sp³-hybridized carbons (Fsp3) is 0.526. The van der Waals surface area contributed by atoms with E-state index in [9.17, 15) is 4.39 Å². The van der Waals surface area contributed by atoms with Crippen LogP contribution >= 0.6 is 0 Å². The van der Waals surface area contributed by atoms with Crippen LogP contribution in [0, 0.1) is 5.82 Å². The summed E-state index contributed by atoms with van der Waals surface area (Å²) >= 11 is 0. The lowest BCUT2D eigenvalue weighted by atomic mass is 9.80. The van der Waals surface area contributed by atoms with Gasteiger partial charge >= 0.3 is 0 Å². The lowest BCUT2D eigenvalue weighted by Gasteiger charge is -2.33. The second kappa shape index (κ2) is 7.36. The van der Waals surface area contributed by atoms with Gasteiger partial charge in [0.25, 0.3) is 5.95 Å². The summed E-state index contributed by atoms with van der Waals surface area (Å²) in [7, 11) is 1.69. The molecule has 27 heavy (non-hydrogen) atoms. The molecule has 0 unspecified atom stereocenters. The van der Waals surface area contributed by atoms with Crippen molar-refractivity contribution in [3.63, 3.8) is 0 Å². The summed E-state index contributed by atoms with van der Waals surface area (Å²) in [5, 5.41) is 12.8. The second-order valence-electron chi connectivity index (χ2n) is 7.33. The molecule has 8 heteroatoms. The Kier molecular flexibility index (Phi) is 4.92. The van der Waals surface area contributed by atoms with E-state index in [0.717, 1.165) is 30.5 Å². The van der Waals surface area contributed by atoms with E-state index in [4.69, 9.17) is 9.26 Å². The first-order valence-corrected chi connectivity index (χ1v) is 9.32. The number of nitrogens with zero attached hydrogens (tertiary/aromatic N) is 4. The van der Waals surface area contributed by atoms with E-state index in [2.05, 4.69) is 20.6 Å². The quantitative estimate of drug-likeness (QED) is 0.641. The number of ether oxygens (including phenoxy) is 1. The van der Waals surface area contributed by atoms with Crippen molar-refractivity contribution in [2.45, 2.75) is 44.6 Å². The average molecular weight is 373 g/mol. The molecule has 1 N–H and O–H groups in total. The highest BCUT2D eigenvalue weighted by atomic mass is 19.1. The van der Waals surface area contributed by atoms with Crippen LogP contribution in [0.5, 0.6) is 0 Å². The number of para-hydroxylation sites is 1. The van der Waals surface area contributed by atoms with Crippen molar-refractivity contribution in [3.8, 4) is 5.95 Å². The predicted molar refractivity (Wildman–Crippen MR) is 98.6 cm³/mol. The van der Waals surface area contributed by atoms with Crippen molar-refractivity contribution in [1.29, 1.82) is 0 Å². The highest BCUT2D eigenvalue weighted by Gasteiger charge is 2.34. The SMILES string of the molecule is COCCNC1CC(c2nc(-n3nc(C(C)C)c4cccc(F)c43)no2)C1. The number of fused-ring (bicyclic) bond motifs is 1. The van der Waals surface area contributed by atoms with Crippen LogP contribution in [0.3, 0.4) is 0 Å². The van der Waals surface area contributed by atoms with Gasteiger partial charge in [0.15, 0.2) is 0 Å². The van der Waals surface area contributed by atoms with Gasteiger partial charge in [-0.05, 0) is 30.0 Å². The zero-order chi connectivity index (χ0) is 19.0. The van der Waals surface area contributed by atoms with Crippen LogP contribution in [0.4, 0.5) is 4.39 Å². The highest BCUT2D eigenvalue weighted by Crippen LogP contribution is 2.36. The van der Waals surface area contributed by atoms with Gasteiger partial charge in [-0.1, -0.05) is 26.0 Å². The van der Waals surface area contributed by atoms with Crippen molar-refractivity contribution in [2.24, 2.45) is 0 Å². The van der Waals surface area contributed by atoms with Gasteiger partial charge in [0.1, 0.15) is 11.3 Å². The van der Waals surface area contributed by atoms with Crippen molar-refractivity contribution >= 4 is 10.9 Å². The van der Waals surface area contributed by atoms with Crippen LogP contribution in [0.25, 0.3) is 16.9 Å². The molecule has 0 saturated heterocycles. The maximum atomic E-state index is 14.5. The van der Waals surface area contributed by atoms with E-state index in [1.54, 1.807) is 13.2 Å². The third-order valence-corrected chi connectivity index (χ3v) is 5.08. The first-order chi connectivity index (χ1) is 13.1. The number of hydrogen-bond donors (Lipinski definition) is 1. The molecule has 1 aromatic carbocycles. The minimum Gasteiger partial charge on any atom is -0.383 e. The van der Waals surface area contributed by atoms with Gasteiger partial charge < -0.3 is 14.6 Å². The number of halogens is 1. The van der Waals surface area contributed by atoms with Gasteiger partial charge in [0.2, 0.25) is 5.89 Å². The molecule has 1 aliphatic carbocycles. The monoisotopic (exact) mass is 373 g/mol. The molecule has 0 spiro atoms. The smallest absolute Gasteiger partial charge is 0.291 e. The third kappa shape index (κ3) is 3.35. The topological polar surface area (TPSA) is 78.0 Å². The fourth-order valence-electron chi connectivity index (χ4n) is 3.55. The van der Waals surface area contributed by atoms with Gasteiger partial charge in [-0.3, -0.25) is 0 Å². The minimum absolute atomic E-state index is 0.160. The molecule has 3 aromatic rings. The summed E-state index contributed by atoms with van der Waals surface area (Å²) in [5.41, 5.74) is 1.21. The zero-order valence-corrected chi connectivity index (χ0v) is 15.8. The third-order valence-electron chi connectivity index (χ3n) is 5.08. The Morgan fingerprint density at radius 3 is 2.93 bits per heavy atom. The van der Waals surface area contributed by atoms with Crippen LogP contribution in [0.2, 0.25) is 0 Å². The van der Waals surface area contributed by atoms with Crippen LogP contribution in [-0.2, 0) is 4.74 Å². The molecule has 0 atom stereocenters. The molecular formula is C19H24FN5O2. The summed E-state index contributed by atoms with van der Waals surface area (Å²) in [6.07, 6.45) is 1.88. The minimum atomic E-state index is -0.343. The Morgan fingerprint density at radius 1 is 1.37 bits per heavy atom. The Morgan fingerprint density at radius 2 is 2.19 bits per heavy atom. The Hall–Kier alpha value is -2.32. The van der Waals surface area contributed by atoms with Crippen LogP contribution in [0.15, 0.2) is 22.7 Å². The molecular weight excluding hydrogens is 349 g/mol. The molecule has 144 valence electrons. The van der Waals surface area contributed by atoms with Crippen molar-refractivity contribution in [3.05, 3.63) is 35.6 Å². The molecule has 2 aromatic heterocycles. The van der Waals surface area contributed by atoms with Crippen LogP contribution in [-0.4, -0.2) is 46.2 Å². The van der Waals surface area contributed by atoms with Gasteiger partial charge in [-0.15, -0.1) is 0 Å². The molecule has 2 heterocycles. The molecule has 0 amide bonds. The zero-order valence-electron chi connectivity index (χ0n) is 15.8.